The maximum Gasteiger partial charge on any atom is 0.274 e. The van der Waals surface area contributed by atoms with Crippen LogP contribution in [0.4, 0.5) is 0 Å². The van der Waals surface area contributed by atoms with E-state index < -0.39 is 0 Å². The number of likely N-dealkylation sites (tertiary alicyclic amines) is 1. The third kappa shape index (κ3) is 3.02. The van der Waals surface area contributed by atoms with Crippen molar-refractivity contribution in [1.82, 2.24) is 14.5 Å². The van der Waals surface area contributed by atoms with Crippen LogP contribution in [0.2, 0.25) is 0 Å². The summed E-state index contributed by atoms with van der Waals surface area (Å²) in [4.78, 5) is 18.4. The predicted octanol–water partition coefficient (Wildman–Crippen LogP) is 1.47. The highest BCUT2D eigenvalue weighted by Crippen LogP contribution is 2.42. The van der Waals surface area contributed by atoms with Crippen molar-refractivity contribution in [3.05, 3.63) is 18.2 Å². The van der Waals surface area contributed by atoms with Crippen LogP contribution in [0.5, 0.6) is 0 Å². The highest BCUT2D eigenvalue weighted by molar-refractivity contribution is 5.92. The zero-order chi connectivity index (χ0) is 15.9. The zero-order valence-electron chi connectivity index (χ0n) is 13.7. The molecule has 1 aromatic heterocycles. The van der Waals surface area contributed by atoms with Crippen LogP contribution in [0, 0.1) is 11.8 Å². The molecule has 3 aliphatic rings. The Hall–Kier alpha value is -1.40. The van der Waals surface area contributed by atoms with Gasteiger partial charge in [0.05, 0.1) is 19.4 Å². The fourth-order valence-electron chi connectivity index (χ4n) is 3.73. The summed E-state index contributed by atoms with van der Waals surface area (Å²) >= 11 is 0. The Morgan fingerprint density at radius 1 is 1.43 bits per heavy atom. The lowest BCUT2D eigenvalue weighted by molar-refractivity contribution is -0.120. The number of carbonyl (C=O) groups is 1. The van der Waals surface area contributed by atoms with Gasteiger partial charge in [-0.25, -0.2) is 4.98 Å². The van der Waals surface area contributed by atoms with Crippen molar-refractivity contribution in [3.8, 4) is 0 Å². The number of aryl methyl sites for hydroxylation is 1. The number of ether oxygens (including phenoxy) is 2. The Morgan fingerprint density at radius 3 is 2.96 bits per heavy atom. The SMILES string of the molecule is Cn1cnc(C(=O)N2CC3(C2)OCC[C@H]3CCOCC2CC2)c1. The van der Waals surface area contributed by atoms with Gasteiger partial charge in [-0.1, -0.05) is 0 Å². The van der Waals surface area contributed by atoms with E-state index in [0.29, 0.717) is 24.7 Å². The lowest BCUT2D eigenvalue weighted by Gasteiger charge is -2.50. The van der Waals surface area contributed by atoms with Crippen LogP contribution in [-0.2, 0) is 16.5 Å². The summed E-state index contributed by atoms with van der Waals surface area (Å²) in [5.74, 6) is 1.34. The van der Waals surface area contributed by atoms with E-state index in [9.17, 15) is 4.79 Å². The van der Waals surface area contributed by atoms with E-state index in [4.69, 9.17) is 9.47 Å². The molecule has 1 aliphatic carbocycles. The number of carbonyl (C=O) groups excluding carboxylic acids is 1. The molecule has 3 heterocycles. The molecule has 1 amide bonds. The molecule has 1 aromatic rings. The van der Waals surface area contributed by atoms with Gasteiger partial charge in [-0.05, 0) is 37.5 Å². The van der Waals surface area contributed by atoms with Gasteiger partial charge in [0.15, 0.2) is 0 Å². The smallest absolute Gasteiger partial charge is 0.274 e. The lowest BCUT2D eigenvalue weighted by atomic mass is 9.79. The number of aromatic nitrogens is 2. The van der Waals surface area contributed by atoms with Crippen LogP contribution in [-0.4, -0.2) is 58.9 Å². The van der Waals surface area contributed by atoms with Gasteiger partial charge < -0.3 is 18.9 Å². The minimum absolute atomic E-state index is 0.00968. The summed E-state index contributed by atoms with van der Waals surface area (Å²) in [6.45, 7) is 3.93. The monoisotopic (exact) mass is 319 g/mol. The summed E-state index contributed by atoms with van der Waals surface area (Å²) in [6, 6.07) is 0. The zero-order valence-corrected chi connectivity index (χ0v) is 13.7. The maximum absolute atomic E-state index is 12.4. The fourth-order valence-corrected chi connectivity index (χ4v) is 3.73. The Labute approximate surface area is 136 Å². The maximum atomic E-state index is 12.4. The highest BCUT2D eigenvalue weighted by Gasteiger charge is 2.54. The third-order valence-electron chi connectivity index (χ3n) is 5.39. The molecule has 3 fully saturated rings. The number of hydrogen-bond acceptors (Lipinski definition) is 4. The van der Waals surface area contributed by atoms with Gasteiger partial charge in [0, 0.05) is 33.1 Å². The molecule has 4 rings (SSSR count). The van der Waals surface area contributed by atoms with E-state index in [1.165, 1.54) is 12.8 Å². The first kappa shape index (κ1) is 15.1. The van der Waals surface area contributed by atoms with E-state index in [1.54, 1.807) is 17.1 Å². The highest BCUT2D eigenvalue weighted by atomic mass is 16.5. The van der Waals surface area contributed by atoms with Crippen molar-refractivity contribution < 1.29 is 14.3 Å². The molecule has 23 heavy (non-hydrogen) atoms. The molecule has 0 aromatic carbocycles. The quantitative estimate of drug-likeness (QED) is 0.745. The lowest BCUT2D eigenvalue weighted by Crippen LogP contribution is -2.66. The molecule has 6 nitrogen and oxygen atoms in total. The first-order valence-electron chi connectivity index (χ1n) is 8.65. The largest absolute Gasteiger partial charge is 0.381 e. The molecule has 2 saturated heterocycles. The van der Waals surface area contributed by atoms with E-state index >= 15 is 0 Å². The Morgan fingerprint density at radius 2 is 2.26 bits per heavy atom. The normalized spacial score (nSPS) is 25.8. The molecule has 0 bridgehead atoms. The van der Waals surface area contributed by atoms with Crippen molar-refractivity contribution >= 4 is 5.91 Å². The van der Waals surface area contributed by atoms with Crippen LogP contribution in [0.1, 0.15) is 36.2 Å². The van der Waals surface area contributed by atoms with Crippen LogP contribution >= 0.6 is 0 Å². The van der Waals surface area contributed by atoms with Gasteiger partial charge in [0.25, 0.3) is 5.91 Å². The molecule has 0 unspecified atom stereocenters. The van der Waals surface area contributed by atoms with Crippen molar-refractivity contribution in [2.45, 2.75) is 31.3 Å². The van der Waals surface area contributed by atoms with E-state index in [0.717, 1.165) is 38.6 Å². The second kappa shape index (κ2) is 5.91. The first-order chi connectivity index (χ1) is 11.2. The van der Waals surface area contributed by atoms with Gasteiger partial charge in [-0.15, -0.1) is 0 Å². The molecular weight excluding hydrogens is 294 g/mol. The van der Waals surface area contributed by atoms with Gasteiger partial charge >= 0.3 is 0 Å². The summed E-state index contributed by atoms with van der Waals surface area (Å²) in [5.41, 5.74) is 0.387. The molecule has 0 radical (unpaired) electrons. The number of amides is 1. The summed E-state index contributed by atoms with van der Waals surface area (Å²) in [6.07, 6.45) is 8.22. The van der Waals surface area contributed by atoms with Crippen molar-refractivity contribution in [2.24, 2.45) is 18.9 Å². The van der Waals surface area contributed by atoms with Crippen LogP contribution in [0.25, 0.3) is 0 Å². The summed E-state index contributed by atoms with van der Waals surface area (Å²) < 4.78 is 13.6. The molecule has 6 heteroatoms. The van der Waals surface area contributed by atoms with Gasteiger partial charge in [-0.2, -0.15) is 0 Å². The molecule has 126 valence electrons. The predicted molar refractivity (Wildman–Crippen MR) is 84.1 cm³/mol. The van der Waals surface area contributed by atoms with Crippen molar-refractivity contribution in [3.63, 3.8) is 0 Å². The molecule has 2 aliphatic heterocycles. The third-order valence-corrected chi connectivity index (χ3v) is 5.39. The van der Waals surface area contributed by atoms with E-state index in [-0.39, 0.29) is 11.5 Å². The van der Waals surface area contributed by atoms with Crippen LogP contribution in [0.3, 0.4) is 0 Å². The van der Waals surface area contributed by atoms with Gasteiger partial charge in [0.2, 0.25) is 0 Å². The van der Waals surface area contributed by atoms with Gasteiger partial charge in [-0.3, -0.25) is 4.79 Å². The Kier molecular flexibility index (Phi) is 3.89. The molecule has 1 spiro atoms. The van der Waals surface area contributed by atoms with Crippen molar-refractivity contribution in [2.75, 3.05) is 32.9 Å². The number of hydrogen-bond donors (Lipinski definition) is 0. The average molecular weight is 319 g/mol. The second-order valence-corrected chi connectivity index (χ2v) is 7.29. The molecular formula is C17H25N3O3. The topological polar surface area (TPSA) is 56.6 Å². The van der Waals surface area contributed by atoms with Gasteiger partial charge in [0.1, 0.15) is 11.3 Å². The van der Waals surface area contributed by atoms with E-state index in [1.807, 2.05) is 11.9 Å². The average Bonchev–Trinajstić information content (AvgIpc) is 3.06. The minimum atomic E-state index is -0.132. The van der Waals surface area contributed by atoms with Crippen LogP contribution < -0.4 is 0 Å². The summed E-state index contributed by atoms with van der Waals surface area (Å²) in [7, 11) is 1.87. The fraction of sp³-hybridized carbons (Fsp3) is 0.765. The minimum Gasteiger partial charge on any atom is -0.381 e. The standard InChI is InChI=1S/C17H25N3O3/c1-19-8-15(18-12-19)16(21)20-10-17(11-20)14(5-7-23-17)4-6-22-9-13-2-3-13/h8,12-14H,2-7,9-11H2,1H3/t14-/m1/s1. The Balaban J connectivity index is 1.28. The molecule has 1 atom stereocenters. The Bertz CT molecular complexity index is 575. The number of rotatable bonds is 6. The second-order valence-electron chi connectivity index (χ2n) is 7.29. The number of nitrogens with zero attached hydrogens (tertiary/aromatic N) is 3. The number of imidazole rings is 1. The van der Waals surface area contributed by atoms with Crippen LogP contribution in [0.15, 0.2) is 12.5 Å². The molecule has 1 saturated carbocycles. The summed E-state index contributed by atoms with van der Waals surface area (Å²) in [5, 5.41) is 0. The first-order valence-corrected chi connectivity index (χ1v) is 8.65. The molecule has 0 N–H and O–H groups in total. The van der Waals surface area contributed by atoms with Crippen molar-refractivity contribution in [1.29, 1.82) is 0 Å². The van der Waals surface area contributed by atoms with E-state index in [2.05, 4.69) is 4.98 Å².